The van der Waals surface area contributed by atoms with Crippen molar-refractivity contribution in [2.45, 2.75) is 98.2 Å². The first-order valence-corrected chi connectivity index (χ1v) is 14.8. The lowest BCUT2D eigenvalue weighted by molar-refractivity contribution is -0.149. The van der Waals surface area contributed by atoms with Crippen molar-refractivity contribution in [3.8, 4) is 0 Å². The van der Waals surface area contributed by atoms with Gasteiger partial charge in [-0.3, -0.25) is 4.79 Å². The topological polar surface area (TPSA) is 125 Å². The minimum absolute atomic E-state index is 0.0427. The fourth-order valence-electron chi connectivity index (χ4n) is 9.15. The van der Waals surface area contributed by atoms with Gasteiger partial charge in [-0.25, -0.2) is 15.0 Å². The van der Waals surface area contributed by atoms with Crippen molar-refractivity contribution < 1.29 is 33.4 Å². The lowest BCUT2D eigenvalue weighted by atomic mass is 9.46. The number of nitrogens with one attached hydrogen (secondary N) is 1. The van der Waals surface area contributed by atoms with E-state index in [4.69, 9.17) is 19.0 Å². The molecule has 0 radical (unpaired) electrons. The molecule has 1 aliphatic heterocycles. The van der Waals surface area contributed by atoms with E-state index in [1.807, 2.05) is 6.92 Å². The van der Waals surface area contributed by atoms with E-state index in [0.717, 1.165) is 44.9 Å². The third-order valence-corrected chi connectivity index (χ3v) is 10.8. The van der Waals surface area contributed by atoms with Gasteiger partial charge in [0.15, 0.2) is 11.3 Å². The zero-order chi connectivity index (χ0) is 28.9. The quantitative estimate of drug-likeness (QED) is 0.162. The summed E-state index contributed by atoms with van der Waals surface area (Å²) in [5, 5.41) is 8.75. The van der Waals surface area contributed by atoms with Gasteiger partial charge in [-0.2, -0.15) is 5.10 Å². The fraction of sp³-hybridized carbons (Fsp3) is 0.767. The number of rotatable bonds is 6. The molecule has 1 N–H and O–H groups in total. The summed E-state index contributed by atoms with van der Waals surface area (Å²) < 4.78 is 16.0. The molecule has 220 valence electrons. The van der Waals surface area contributed by atoms with Crippen LogP contribution in [-0.4, -0.2) is 54.4 Å². The molecule has 0 aromatic carbocycles. The average Bonchev–Trinajstić information content (AvgIpc) is 3.41. The lowest BCUT2D eigenvalue weighted by Gasteiger charge is -2.58. The number of amides is 1. The number of hydrogen-bond acceptors (Lipinski definition) is 9. The summed E-state index contributed by atoms with van der Waals surface area (Å²) in [6, 6.07) is 0. The molecule has 8 atom stereocenters. The first-order valence-electron chi connectivity index (χ1n) is 14.8. The Morgan fingerprint density at radius 1 is 1.10 bits per heavy atom. The standard InChI is InChI=1S/C30H43N3O7/c1-7-37-26(35)25-24-16-23-21-10-9-19-15-20(39-18(4)34)11-13-28(19,5)22(21)12-14-29(23,6)30(24,40-33-25)17(3)31-32-27(36)38-8-2/h9,20-24H,7-8,10-16H2,1-6H3,(H,32,36)/b31-17+/t20-,21-,22-,23+,24-,28-,29-,30+/m0/s1. The Labute approximate surface area is 236 Å². The zero-order valence-corrected chi connectivity index (χ0v) is 24.6. The summed E-state index contributed by atoms with van der Waals surface area (Å²) in [6.45, 7) is 12.0. The van der Waals surface area contributed by atoms with Crippen molar-refractivity contribution in [1.29, 1.82) is 0 Å². The van der Waals surface area contributed by atoms with E-state index in [-0.39, 0.29) is 48.0 Å². The van der Waals surface area contributed by atoms with Crippen molar-refractivity contribution in [1.82, 2.24) is 5.43 Å². The third-order valence-electron chi connectivity index (χ3n) is 10.8. The number of hydrazone groups is 1. The van der Waals surface area contributed by atoms with Gasteiger partial charge in [0, 0.05) is 18.8 Å². The molecular weight excluding hydrogens is 514 g/mol. The van der Waals surface area contributed by atoms with Crippen molar-refractivity contribution in [3.05, 3.63) is 11.6 Å². The highest BCUT2D eigenvalue weighted by atomic mass is 16.7. The molecule has 3 saturated carbocycles. The predicted molar refractivity (Wildman–Crippen MR) is 147 cm³/mol. The second kappa shape index (κ2) is 10.5. The van der Waals surface area contributed by atoms with Crippen LogP contribution in [0.4, 0.5) is 4.79 Å². The Hall–Kier alpha value is -2.91. The normalized spacial score (nSPS) is 39.8. The molecule has 0 bridgehead atoms. The summed E-state index contributed by atoms with van der Waals surface area (Å²) in [5.41, 5.74) is 3.53. The van der Waals surface area contributed by atoms with Crippen LogP contribution in [0.25, 0.3) is 0 Å². The molecule has 10 nitrogen and oxygen atoms in total. The summed E-state index contributed by atoms with van der Waals surface area (Å²) >= 11 is 0. The van der Waals surface area contributed by atoms with Gasteiger partial charge in [0.2, 0.25) is 0 Å². The Morgan fingerprint density at radius 2 is 1.85 bits per heavy atom. The number of carbonyl (C=O) groups excluding carboxylic acids is 3. The molecule has 0 aromatic heterocycles. The third kappa shape index (κ3) is 4.24. The van der Waals surface area contributed by atoms with E-state index in [0.29, 0.717) is 23.3 Å². The van der Waals surface area contributed by atoms with Crippen molar-refractivity contribution in [2.24, 2.45) is 44.8 Å². The second-order valence-electron chi connectivity index (χ2n) is 12.5. The molecule has 0 saturated heterocycles. The van der Waals surface area contributed by atoms with Crippen LogP contribution in [0, 0.1) is 34.5 Å². The van der Waals surface area contributed by atoms with Crippen LogP contribution in [0.1, 0.15) is 86.5 Å². The summed E-state index contributed by atoms with van der Waals surface area (Å²) in [5.74, 6) is 0.139. The molecule has 1 amide bonds. The molecule has 1 heterocycles. The number of fused-ring (bicyclic) bond motifs is 7. The lowest BCUT2D eigenvalue weighted by Crippen LogP contribution is -2.59. The van der Waals surface area contributed by atoms with E-state index < -0.39 is 17.7 Å². The number of oxime groups is 1. The molecule has 40 heavy (non-hydrogen) atoms. The number of nitrogens with zero attached hydrogens (tertiary/aromatic N) is 2. The van der Waals surface area contributed by atoms with Crippen molar-refractivity contribution >= 4 is 29.5 Å². The van der Waals surface area contributed by atoms with Gasteiger partial charge in [-0.1, -0.05) is 30.7 Å². The maximum absolute atomic E-state index is 13.0. The van der Waals surface area contributed by atoms with Gasteiger partial charge < -0.3 is 19.0 Å². The molecule has 4 aliphatic carbocycles. The fourth-order valence-corrected chi connectivity index (χ4v) is 9.15. The molecule has 5 aliphatic rings. The van der Waals surface area contributed by atoms with E-state index in [1.54, 1.807) is 13.8 Å². The second-order valence-corrected chi connectivity index (χ2v) is 12.5. The number of esters is 2. The molecule has 3 fully saturated rings. The van der Waals surface area contributed by atoms with Gasteiger partial charge >= 0.3 is 18.0 Å². The van der Waals surface area contributed by atoms with Crippen LogP contribution in [0.15, 0.2) is 21.9 Å². The van der Waals surface area contributed by atoms with Gasteiger partial charge in [-0.15, -0.1) is 0 Å². The summed E-state index contributed by atoms with van der Waals surface area (Å²) in [7, 11) is 0. The maximum atomic E-state index is 13.0. The van der Waals surface area contributed by atoms with Crippen LogP contribution in [0.5, 0.6) is 0 Å². The first kappa shape index (κ1) is 28.6. The highest BCUT2D eigenvalue weighted by Gasteiger charge is 2.74. The zero-order valence-electron chi connectivity index (χ0n) is 24.6. The highest BCUT2D eigenvalue weighted by Crippen LogP contribution is 2.70. The monoisotopic (exact) mass is 557 g/mol. The number of hydrogen-bond donors (Lipinski definition) is 1. The van der Waals surface area contributed by atoms with Gasteiger partial charge in [-0.05, 0) is 82.5 Å². The SMILES string of the molecule is CCOC(=O)N/N=C(\C)[C@@]12ON=C(C(=O)OCC)[C@@H]1C[C@@H]1[C@H]3CC=C4C[C@@H](OC(C)=O)CC[C@]4(C)[C@H]3CC[C@@]12C. The van der Waals surface area contributed by atoms with Crippen LogP contribution in [0.2, 0.25) is 0 Å². The first-order chi connectivity index (χ1) is 19.0. The van der Waals surface area contributed by atoms with Gasteiger partial charge in [0.1, 0.15) is 6.10 Å². The summed E-state index contributed by atoms with van der Waals surface area (Å²) in [4.78, 5) is 43.1. The molecule has 0 spiro atoms. The van der Waals surface area contributed by atoms with E-state index in [9.17, 15) is 14.4 Å². The van der Waals surface area contributed by atoms with E-state index in [2.05, 4.69) is 35.6 Å². The van der Waals surface area contributed by atoms with Crippen LogP contribution < -0.4 is 5.43 Å². The molecule has 10 heteroatoms. The van der Waals surface area contributed by atoms with Gasteiger partial charge in [0.05, 0.1) is 24.8 Å². The number of carbonyl (C=O) groups is 3. The number of ether oxygens (including phenoxy) is 3. The van der Waals surface area contributed by atoms with E-state index in [1.165, 1.54) is 12.5 Å². The Balaban J connectivity index is 1.49. The summed E-state index contributed by atoms with van der Waals surface area (Å²) in [6.07, 6.45) is 7.95. The average molecular weight is 558 g/mol. The Bertz CT molecular complexity index is 1160. The minimum Gasteiger partial charge on any atom is -0.462 e. The molecule has 5 rings (SSSR count). The Morgan fingerprint density at radius 3 is 2.55 bits per heavy atom. The van der Waals surface area contributed by atoms with Gasteiger partial charge in [0.25, 0.3) is 0 Å². The smallest absolute Gasteiger partial charge is 0.427 e. The largest absolute Gasteiger partial charge is 0.462 e. The van der Waals surface area contributed by atoms with Crippen LogP contribution >= 0.6 is 0 Å². The van der Waals surface area contributed by atoms with Crippen LogP contribution in [0.3, 0.4) is 0 Å². The minimum atomic E-state index is -0.970. The molecule has 0 aromatic rings. The highest BCUT2D eigenvalue weighted by molar-refractivity contribution is 6.38. The molecular formula is C30H43N3O7. The van der Waals surface area contributed by atoms with Crippen LogP contribution in [-0.2, 0) is 28.6 Å². The predicted octanol–water partition coefficient (Wildman–Crippen LogP) is 4.92. The molecule has 0 unspecified atom stereocenters. The Kier molecular flexibility index (Phi) is 7.50. The van der Waals surface area contributed by atoms with E-state index >= 15 is 0 Å². The number of allylic oxidation sites excluding steroid dienone is 1. The van der Waals surface area contributed by atoms with Crippen molar-refractivity contribution in [2.75, 3.05) is 13.2 Å². The van der Waals surface area contributed by atoms with Crippen molar-refractivity contribution in [3.63, 3.8) is 0 Å². The maximum Gasteiger partial charge on any atom is 0.427 e.